The Bertz CT molecular complexity index is 654. The van der Waals surface area contributed by atoms with E-state index in [2.05, 4.69) is 5.32 Å². The highest BCUT2D eigenvalue weighted by atomic mass is 35.5. The number of nitrogens with one attached hydrogen (secondary N) is 1. The fourth-order valence-electron chi connectivity index (χ4n) is 1.81. The van der Waals surface area contributed by atoms with Crippen molar-refractivity contribution in [2.24, 2.45) is 0 Å². The lowest BCUT2D eigenvalue weighted by Gasteiger charge is -2.13. The van der Waals surface area contributed by atoms with Gasteiger partial charge in [-0.25, -0.2) is 0 Å². The first-order chi connectivity index (χ1) is 10.1. The van der Waals surface area contributed by atoms with Gasteiger partial charge in [-0.2, -0.15) is 0 Å². The summed E-state index contributed by atoms with van der Waals surface area (Å²) in [5.41, 5.74) is 0.684. The molecule has 0 fully saturated rings. The van der Waals surface area contributed by atoms with E-state index in [1.165, 1.54) is 7.11 Å². The van der Waals surface area contributed by atoms with Crippen molar-refractivity contribution in [3.63, 3.8) is 0 Å². The van der Waals surface area contributed by atoms with Crippen LogP contribution in [0.3, 0.4) is 0 Å². The third-order valence-electron chi connectivity index (χ3n) is 2.84. The van der Waals surface area contributed by atoms with Crippen LogP contribution in [0.25, 0.3) is 0 Å². The minimum absolute atomic E-state index is 0.214. The second-order valence-electron chi connectivity index (χ2n) is 4.12. The summed E-state index contributed by atoms with van der Waals surface area (Å²) in [4.78, 5) is 12.3. The van der Waals surface area contributed by atoms with Gasteiger partial charge in [0.25, 0.3) is 5.91 Å². The Hall–Kier alpha value is -1.91. The van der Waals surface area contributed by atoms with E-state index in [1.54, 1.807) is 43.5 Å². The Morgan fingerprint density at radius 3 is 2.29 bits per heavy atom. The van der Waals surface area contributed by atoms with Crippen LogP contribution < -0.4 is 14.8 Å². The maximum atomic E-state index is 12.3. The van der Waals surface area contributed by atoms with E-state index >= 15 is 0 Å². The van der Waals surface area contributed by atoms with E-state index in [4.69, 9.17) is 32.7 Å². The van der Waals surface area contributed by atoms with Crippen molar-refractivity contribution in [1.82, 2.24) is 0 Å². The van der Waals surface area contributed by atoms with Gasteiger partial charge >= 0.3 is 0 Å². The third-order valence-corrected chi connectivity index (χ3v) is 3.47. The molecule has 2 rings (SSSR count). The average Bonchev–Trinajstić information content (AvgIpc) is 2.47. The number of benzene rings is 2. The van der Waals surface area contributed by atoms with E-state index in [0.717, 1.165) is 0 Å². The van der Waals surface area contributed by atoms with Gasteiger partial charge < -0.3 is 14.8 Å². The first-order valence-corrected chi connectivity index (χ1v) is 6.79. The molecule has 0 bridgehead atoms. The molecular weight excluding hydrogens is 313 g/mol. The smallest absolute Gasteiger partial charge is 0.258 e. The Labute approximate surface area is 132 Å². The molecule has 0 saturated carbocycles. The second-order valence-corrected chi connectivity index (χ2v) is 4.93. The predicted molar refractivity (Wildman–Crippen MR) is 84.0 cm³/mol. The average molecular weight is 326 g/mol. The number of amides is 1. The molecule has 0 saturated heterocycles. The third kappa shape index (κ3) is 3.40. The summed E-state index contributed by atoms with van der Waals surface area (Å²) in [6.07, 6.45) is 0. The summed E-state index contributed by atoms with van der Waals surface area (Å²) in [5.74, 6) is 0.681. The van der Waals surface area contributed by atoms with E-state index in [1.807, 2.05) is 0 Å². The number of ether oxygens (including phenoxy) is 2. The Morgan fingerprint density at radius 1 is 1.05 bits per heavy atom. The highest BCUT2D eigenvalue weighted by Gasteiger charge is 2.16. The van der Waals surface area contributed by atoms with Crippen molar-refractivity contribution in [2.45, 2.75) is 0 Å². The minimum Gasteiger partial charge on any atom is -0.497 e. The lowest BCUT2D eigenvalue weighted by Crippen LogP contribution is -2.14. The fraction of sp³-hybridized carbons (Fsp3) is 0.133. The zero-order valence-electron chi connectivity index (χ0n) is 11.4. The quantitative estimate of drug-likeness (QED) is 0.913. The highest BCUT2D eigenvalue weighted by Crippen LogP contribution is 2.31. The number of carbonyl (C=O) groups excluding carboxylic acids is 1. The topological polar surface area (TPSA) is 47.6 Å². The van der Waals surface area contributed by atoms with Crippen molar-refractivity contribution >= 4 is 34.8 Å². The first kappa shape index (κ1) is 15.5. The molecule has 0 unspecified atom stereocenters. The maximum absolute atomic E-state index is 12.3. The van der Waals surface area contributed by atoms with Gasteiger partial charge in [0.15, 0.2) is 0 Å². The molecular formula is C15H13Cl2NO3. The van der Waals surface area contributed by atoms with Gasteiger partial charge in [0, 0.05) is 6.07 Å². The summed E-state index contributed by atoms with van der Waals surface area (Å²) in [6.45, 7) is 0. The predicted octanol–water partition coefficient (Wildman–Crippen LogP) is 4.26. The van der Waals surface area contributed by atoms with Gasteiger partial charge in [-0.15, -0.1) is 0 Å². The van der Waals surface area contributed by atoms with Crippen LogP contribution in [0.2, 0.25) is 10.0 Å². The molecule has 0 spiro atoms. The Balaban J connectivity index is 2.35. The summed E-state index contributed by atoms with van der Waals surface area (Å²) < 4.78 is 10.3. The van der Waals surface area contributed by atoms with Crippen LogP contribution in [0, 0.1) is 0 Å². The number of hydrogen-bond donors (Lipinski definition) is 1. The van der Waals surface area contributed by atoms with Crippen molar-refractivity contribution in [3.05, 3.63) is 52.0 Å². The van der Waals surface area contributed by atoms with Gasteiger partial charge in [0.2, 0.25) is 0 Å². The lowest BCUT2D eigenvalue weighted by atomic mass is 10.2. The molecule has 0 aliphatic rings. The van der Waals surface area contributed by atoms with Crippen LogP contribution in [0.1, 0.15) is 10.4 Å². The standard InChI is InChI=1S/C15H13Cl2NO3/c1-20-9-6-7-13(21-2)12(8-9)18-15(19)14-10(16)4-3-5-11(14)17/h3-8H,1-2H3,(H,18,19). The van der Waals surface area contributed by atoms with Crippen molar-refractivity contribution in [1.29, 1.82) is 0 Å². The molecule has 2 aromatic carbocycles. The molecule has 1 amide bonds. The summed E-state index contributed by atoms with van der Waals surface area (Å²) in [7, 11) is 3.05. The molecule has 0 aliphatic carbocycles. The van der Waals surface area contributed by atoms with Crippen LogP contribution in [0.15, 0.2) is 36.4 Å². The molecule has 110 valence electrons. The molecule has 0 radical (unpaired) electrons. The zero-order valence-corrected chi connectivity index (χ0v) is 13.0. The summed E-state index contributed by atoms with van der Waals surface area (Å²) in [5, 5.41) is 3.28. The number of methoxy groups -OCH3 is 2. The number of hydrogen-bond acceptors (Lipinski definition) is 3. The SMILES string of the molecule is COc1ccc(OC)c(NC(=O)c2c(Cl)cccc2Cl)c1. The van der Waals surface area contributed by atoms with E-state index in [9.17, 15) is 4.79 Å². The molecule has 2 aromatic rings. The number of halogens is 2. The second kappa shape index (κ2) is 6.70. The molecule has 0 aliphatic heterocycles. The van der Waals surface area contributed by atoms with Gasteiger partial charge in [-0.1, -0.05) is 29.3 Å². The molecule has 6 heteroatoms. The fourth-order valence-corrected chi connectivity index (χ4v) is 2.38. The van der Waals surface area contributed by atoms with Gasteiger partial charge in [-0.05, 0) is 24.3 Å². The van der Waals surface area contributed by atoms with Crippen molar-refractivity contribution in [3.8, 4) is 11.5 Å². The molecule has 0 heterocycles. The normalized spacial score (nSPS) is 10.1. The molecule has 1 N–H and O–H groups in total. The van der Waals surface area contributed by atoms with E-state index < -0.39 is 5.91 Å². The van der Waals surface area contributed by atoms with Gasteiger partial charge in [-0.3, -0.25) is 4.79 Å². The van der Waals surface area contributed by atoms with Gasteiger partial charge in [0.1, 0.15) is 11.5 Å². The lowest BCUT2D eigenvalue weighted by molar-refractivity contribution is 0.102. The number of anilines is 1. The number of rotatable bonds is 4. The van der Waals surface area contributed by atoms with Crippen molar-refractivity contribution < 1.29 is 14.3 Å². The largest absolute Gasteiger partial charge is 0.497 e. The molecule has 0 aromatic heterocycles. The maximum Gasteiger partial charge on any atom is 0.258 e. The van der Waals surface area contributed by atoms with Gasteiger partial charge in [0.05, 0.1) is 35.5 Å². The zero-order chi connectivity index (χ0) is 15.4. The van der Waals surface area contributed by atoms with E-state index in [0.29, 0.717) is 17.2 Å². The monoisotopic (exact) mass is 325 g/mol. The minimum atomic E-state index is -0.419. The van der Waals surface area contributed by atoms with Crippen molar-refractivity contribution in [2.75, 3.05) is 19.5 Å². The first-order valence-electron chi connectivity index (χ1n) is 6.04. The van der Waals surface area contributed by atoms with Crippen LogP contribution in [0.5, 0.6) is 11.5 Å². The van der Waals surface area contributed by atoms with Crippen LogP contribution in [0.4, 0.5) is 5.69 Å². The molecule has 0 atom stereocenters. The molecule has 4 nitrogen and oxygen atoms in total. The highest BCUT2D eigenvalue weighted by molar-refractivity contribution is 6.40. The Kier molecular flexibility index (Phi) is 4.94. The van der Waals surface area contributed by atoms with E-state index in [-0.39, 0.29) is 15.6 Å². The van der Waals surface area contributed by atoms with Crippen LogP contribution >= 0.6 is 23.2 Å². The van der Waals surface area contributed by atoms with Crippen LogP contribution in [-0.2, 0) is 0 Å². The van der Waals surface area contributed by atoms with Crippen LogP contribution in [-0.4, -0.2) is 20.1 Å². The summed E-state index contributed by atoms with van der Waals surface area (Å²) in [6, 6.07) is 9.96. The molecule has 21 heavy (non-hydrogen) atoms. The number of carbonyl (C=O) groups is 1. The summed E-state index contributed by atoms with van der Waals surface area (Å²) >= 11 is 12.0. The Morgan fingerprint density at radius 2 is 1.71 bits per heavy atom.